The number of fused-ring (bicyclic) bond motifs is 1. The van der Waals surface area contributed by atoms with Crippen molar-refractivity contribution in [2.24, 2.45) is 5.10 Å². The third-order valence-corrected chi connectivity index (χ3v) is 3.59. The fourth-order valence-electron chi connectivity index (χ4n) is 2.42. The molecule has 1 aromatic heterocycles. The number of carbonyl (C=O) groups excluding carboxylic acids is 1. The average molecular weight is 349 g/mol. The Morgan fingerprint density at radius 1 is 1.15 bits per heavy atom. The lowest BCUT2D eigenvalue weighted by Crippen LogP contribution is -2.15. The van der Waals surface area contributed by atoms with Gasteiger partial charge in [0, 0.05) is 17.1 Å². The molecule has 0 aliphatic carbocycles. The average Bonchev–Trinajstić information content (AvgIpc) is 2.68. The van der Waals surface area contributed by atoms with Crippen molar-refractivity contribution in [3.05, 3.63) is 66.4 Å². The highest BCUT2D eigenvalue weighted by Gasteiger charge is 2.06. The fourth-order valence-corrected chi connectivity index (χ4v) is 2.42. The van der Waals surface area contributed by atoms with Gasteiger partial charge in [-0.3, -0.25) is 10.4 Å². The smallest absolute Gasteiger partial charge is 0.344 e. The van der Waals surface area contributed by atoms with E-state index >= 15 is 0 Å². The van der Waals surface area contributed by atoms with E-state index in [-0.39, 0.29) is 6.61 Å². The number of esters is 1. The molecule has 0 amide bonds. The number of rotatable bonds is 7. The summed E-state index contributed by atoms with van der Waals surface area (Å²) in [5.41, 5.74) is 5.41. The molecule has 6 heteroatoms. The van der Waals surface area contributed by atoms with Crippen molar-refractivity contribution in [1.82, 2.24) is 4.98 Å². The fraction of sp³-hybridized carbons (Fsp3) is 0.150. The summed E-state index contributed by atoms with van der Waals surface area (Å²) in [4.78, 5) is 15.8. The SMILES string of the molecule is CCOC(=O)COc1ccccc1/C=N\Nc1cccc2cccnc12. The number of para-hydroxylation sites is 2. The zero-order valence-electron chi connectivity index (χ0n) is 14.4. The Labute approximate surface area is 151 Å². The van der Waals surface area contributed by atoms with E-state index in [9.17, 15) is 4.79 Å². The topological polar surface area (TPSA) is 72.8 Å². The number of hydrazone groups is 1. The van der Waals surface area contributed by atoms with E-state index in [1.165, 1.54) is 0 Å². The lowest BCUT2D eigenvalue weighted by Gasteiger charge is -2.08. The van der Waals surface area contributed by atoms with Crippen molar-refractivity contribution in [2.75, 3.05) is 18.6 Å². The van der Waals surface area contributed by atoms with Crippen molar-refractivity contribution in [2.45, 2.75) is 6.92 Å². The predicted molar refractivity (Wildman–Crippen MR) is 102 cm³/mol. The van der Waals surface area contributed by atoms with Crippen molar-refractivity contribution >= 4 is 28.8 Å². The minimum atomic E-state index is -0.404. The maximum absolute atomic E-state index is 11.5. The van der Waals surface area contributed by atoms with E-state index in [0.717, 1.165) is 22.2 Å². The van der Waals surface area contributed by atoms with Crippen molar-refractivity contribution < 1.29 is 14.3 Å². The molecule has 0 aliphatic rings. The van der Waals surface area contributed by atoms with Crippen molar-refractivity contribution in [3.8, 4) is 5.75 Å². The monoisotopic (exact) mass is 349 g/mol. The number of carbonyl (C=O) groups is 1. The van der Waals surface area contributed by atoms with Crippen molar-refractivity contribution in [3.63, 3.8) is 0 Å². The first-order chi connectivity index (χ1) is 12.8. The highest BCUT2D eigenvalue weighted by Crippen LogP contribution is 2.21. The largest absolute Gasteiger partial charge is 0.481 e. The summed E-state index contributed by atoms with van der Waals surface area (Å²) in [6, 6.07) is 17.1. The molecule has 0 saturated heterocycles. The van der Waals surface area contributed by atoms with Crippen LogP contribution in [0.5, 0.6) is 5.75 Å². The zero-order chi connectivity index (χ0) is 18.2. The van der Waals surface area contributed by atoms with Crippen LogP contribution in [0.1, 0.15) is 12.5 Å². The van der Waals surface area contributed by atoms with Gasteiger partial charge in [0.25, 0.3) is 0 Å². The van der Waals surface area contributed by atoms with Crippen LogP contribution in [0.25, 0.3) is 10.9 Å². The van der Waals surface area contributed by atoms with Crippen LogP contribution in [0.3, 0.4) is 0 Å². The Morgan fingerprint density at radius 3 is 2.88 bits per heavy atom. The number of pyridine rings is 1. The minimum absolute atomic E-state index is 0.140. The molecule has 0 aliphatic heterocycles. The molecular weight excluding hydrogens is 330 g/mol. The van der Waals surface area contributed by atoms with Crippen LogP contribution in [-0.2, 0) is 9.53 Å². The van der Waals surface area contributed by atoms with Gasteiger partial charge in [0.15, 0.2) is 6.61 Å². The van der Waals surface area contributed by atoms with Crippen LogP contribution in [0, 0.1) is 0 Å². The summed E-state index contributed by atoms with van der Waals surface area (Å²) in [7, 11) is 0. The molecule has 132 valence electrons. The standard InChI is InChI=1S/C20H19N3O3/c1-2-25-19(24)14-26-18-11-4-3-7-16(18)13-22-23-17-10-5-8-15-9-6-12-21-20(15)17/h3-13,23H,2,14H2,1H3/b22-13-. The molecule has 2 aromatic carbocycles. The summed E-state index contributed by atoms with van der Waals surface area (Å²) in [5, 5.41) is 5.31. The number of benzene rings is 2. The quantitative estimate of drug-likeness (QED) is 0.401. The van der Waals surface area contributed by atoms with E-state index in [2.05, 4.69) is 15.5 Å². The Bertz CT molecular complexity index is 920. The second kappa shape index (κ2) is 8.62. The lowest BCUT2D eigenvalue weighted by molar-refractivity contribution is -0.145. The molecule has 0 saturated carbocycles. The van der Waals surface area contributed by atoms with E-state index in [1.807, 2.05) is 48.5 Å². The Morgan fingerprint density at radius 2 is 2.00 bits per heavy atom. The minimum Gasteiger partial charge on any atom is -0.481 e. The third kappa shape index (κ3) is 4.36. The van der Waals surface area contributed by atoms with Crippen molar-refractivity contribution in [1.29, 1.82) is 0 Å². The van der Waals surface area contributed by atoms with Gasteiger partial charge in [0.2, 0.25) is 0 Å². The summed E-state index contributed by atoms with van der Waals surface area (Å²) < 4.78 is 10.4. The van der Waals surface area contributed by atoms with Crippen LogP contribution < -0.4 is 10.2 Å². The van der Waals surface area contributed by atoms with Gasteiger partial charge in [-0.25, -0.2) is 4.79 Å². The predicted octanol–water partition coefficient (Wildman–Crippen LogP) is 3.62. The maximum Gasteiger partial charge on any atom is 0.344 e. The van der Waals surface area contributed by atoms with Gasteiger partial charge in [-0.05, 0) is 31.2 Å². The van der Waals surface area contributed by atoms with E-state index in [0.29, 0.717) is 12.4 Å². The number of aromatic nitrogens is 1. The first-order valence-electron chi connectivity index (χ1n) is 8.28. The van der Waals surface area contributed by atoms with E-state index in [1.54, 1.807) is 25.4 Å². The van der Waals surface area contributed by atoms with Gasteiger partial charge in [0.1, 0.15) is 5.75 Å². The molecule has 3 rings (SSSR count). The first-order valence-corrected chi connectivity index (χ1v) is 8.28. The van der Waals surface area contributed by atoms with Gasteiger partial charge in [-0.15, -0.1) is 0 Å². The molecule has 0 radical (unpaired) electrons. The van der Waals surface area contributed by atoms with E-state index < -0.39 is 5.97 Å². The second-order valence-electron chi connectivity index (χ2n) is 5.38. The van der Waals surface area contributed by atoms with Gasteiger partial charge in [0.05, 0.1) is 24.0 Å². The molecule has 1 heterocycles. The molecule has 6 nitrogen and oxygen atoms in total. The van der Waals surface area contributed by atoms with Crippen LogP contribution in [0.4, 0.5) is 5.69 Å². The molecule has 0 unspecified atom stereocenters. The number of nitrogens with one attached hydrogen (secondary N) is 1. The molecule has 1 N–H and O–H groups in total. The Kier molecular flexibility index (Phi) is 5.77. The molecule has 0 atom stereocenters. The molecule has 0 spiro atoms. The maximum atomic E-state index is 11.5. The molecule has 0 fully saturated rings. The van der Waals surface area contributed by atoms with Gasteiger partial charge < -0.3 is 9.47 Å². The number of nitrogens with zero attached hydrogens (tertiary/aromatic N) is 2. The van der Waals surface area contributed by atoms with Crippen LogP contribution in [-0.4, -0.2) is 30.4 Å². The second-order valence-corrected chi connectivity index (χ2v) is 5.38. The molecule has 26 heavy (non-hydrogen) atoms. The Hall–Kier alpha value is -3.41. The van der Waals surface area contributed by atoms with Gasteiger partial charge >= 0.3 is 5.97 Å². The molecule has 3 aromatic rings. The normalized spacial score (nSPS) is 10.8. The highest BCUT2D eigenvalue weighted by atomic mass is 16.6. The summed E-state index contributed by atoms with van der Waals surface area (Å²) in [6.07, 6.45) is 3.39. The number of ether oxygens (including phenoxy) is 2. The summed E-state index contributed by atoms with van der Waals surface area (Å²) in [6.45, 7) is 1.94. The number of hydrogen-bond donors (Lipinski definition) is 1. The van der Waals surface area contributed by atoms with Gasteiger partial charge in [-0.2, -0.15) is 5.10 Å². The van der Waals surface area contributed by atoms with Gasteiger partial charge in [-0.1, -0.05) is 30.3 Å². The lowest BCUT2D eigenvalue weighted by atomic mass is 10.2. The first kappa shape index (κ1) is 17.4. The highest BCUT2D eigenvalue weighted by molar-refractivity contribution is 5.91. The van der Waals surface area contributed by atoms with Crippen LogP contribution >= 0.6 is 0 Å². The van der Waals surface area contributed by atoms with Crippen LogP contribution in [0.2, 0.25) is 0 Å². The van der Waals surface area contributed by atoms with E-state index in [4.69, 9.17) is 9.47 Å². The number of hydrogen-bond acceptors (Lipinski definition) is 6. The zero-order valence-corrected chi connectivity index (χ0v) is 14.4. The summed E-state index contributed by atoms with van der Waals surface area (Å²) >= 11 is 0. The molecule has 0 bridgehead atoms. The summed E-state index contributed by atoms with van der Waals surface area (Å²) in [5.74, 6) is 0.154. The third-order valence-electron chi connectivity index (χ3n) is 3.59. The Balaban J connectivity index is 1.71. The molecular formula is C20H19N3O3. The van der Waals surface area contributed by atoms with Crippen LogP contribution in [0.15, 0.2) is 65.9 Å². The number of anilines is 1.